The zero-order valence-corrected chi connectivity index (χ0v) is 36.5. The lowest BCUT2D eigenvalue weighted by molar-refractivity contribution is 0.660. The second-order valence-electron chi connectivity index (χ2n) is 18.0. The van der Waals surface area contributed by atoms with Gasteiger partial charge in [-0.2, -0.15) is 0 Å². The van der Waals surface area contributed by atoms with Crippen LogP contribution in [-0.4, -0.2) is 0 Å². The molecule has 1 aromatic heterocycles. The Labute approximate surface area is 378 Å². The Morgan fingerprint density at radius 2 is 0.953 bits per heavy atom. The molecule has 0 saturated carbocycles. The van der Waals surface area contributed by atoms with E-state index >= 15 is 0 Å². The van der Waals surface area contributed by atoms with Crippen LogP contribution < -0.4 is 4.90 Å². The van der Waals surface area contributed by atoms with Gasteiger partial charge in [-0.15, -0.1) is 11.3 Å². The molecule has 1 heterocycles. The van der Waals surface area contributed by atoms with Gasteiger partial charge in [-0.3, -0.25) is 0 Å². The molecule has 0 radical (unpaired) electrons. The maximum atomic E-state index is 2.50. The van der Waals surface area contributed by atoms with Gasteiger partial charge in [0.25, 0.3) is 0 Å². The molecule has 11 aromatic rings. The molecule has 0 spiro atoms. The lowest BCUT2D eigenvalue weighted by Gasteiger charge is -2.34. The minimum atomic E-state index is -0.448. The van der Waals surface area contributed by atoms with Gasteiger partial charge >= 0.3 is 0 Å². The van der Waals surface area contributed by atoms with Crippen LogP contribution in [0.5, 0.6) is 0 Å². The molecule has 2 heteroatoms. The zero-order chi connectivity index (χ0) is 42.6. The van der Waals surface area contributed by atoms with Crippen molar-refractivity contribution < 1.29 is 0 Å². The lowest BCUT2D eigenvalue weighted by Crippen LogP contribution is -2.28. The van der Waals surface area contributed by atoms with Gasteiger partial charge in [0.15, 0.2) is 0 Å². The summed E-state index contributed by atoms with van der Waals surface area (Å²) < 4.78 is 2.62. The van der Waals surface area contributed by atoms with Gasteiger partial charge in [0, 0.05) is 32.3 Å². The van der Waals surface area contributed by atoms with E-state index in [1.54, 1.807) is 0 Å². The van der Waals surface area contributed by atoms with Crippen molar-refractivity contribution in [2.24, 2.45) is 0 Å². The van der Waals surface area contributed by atoms with E-state index < -0.39 is 5.41 Å². The molecule has 0 atom stereocenters. The highest BCUT2D eigenvalue weighted by atomic mass is 32.1. The van der Waals surface area contributed by atoms with Crippen LogP contribution in [0.25, 0.3) is 64.3 Å². The Hall–Kier alpha value is -7.52. The third-order valence-electron chi connectivity index (χ3n) is 14.4. The van der Waals surface area contributed by atoms with Gasteiger partial charge in [0.05, 0.1) is 15.8 Å². The van der Waals surface area contributed by atoms with Crippen molar-refractivity contribution in [2.45, 2.75) is 24.7 Å². The molecule has 0 N–H and O–H groups in total. The van der Waals surface area contributed by atoms with E-state index in [0.717, 1.165) is 11.4 Å². The highest BCUT2D eigenvalue weighted by Crippen LogP contribution is 2.59. The topological polar surface area (TPSA) is 3.24 Å². The highest BCUT2D eigenvalue weighted by Gasteiger charge is 2.46. The van der Waals surface area contributed by atoms with Gasteiger partial charge in [0.2, 0.25) is 0 Å². The van der Waals surface area contributed by atoms with E-state index in [9.17, 15) is 0 Å². The van der Waals surface area contributed by atoms with E-state index in [1.807, 2.05) is 11.3 Å². The van der Waals surface area contributed by atoms with Crippen LogP contribution in [0, 0.1) is 0 Å². The fourth-order valence-corrected chi connectivity index (χ4v) is 12.8. The van der Waals surface area contributed by atoms with Crippen LogP contribution in [0.1, 0.15) is 47.2 Å². The van der Waals surface area contributed by atoms with Crippen molar-refractivity contribution in [3.8, 4) is 33.4 Å². The van der Waals surface area contributed by atoms with E-state index in [4.69, 9.17) is 0 Å². The molecule has 0 amide bonds. The quantitative estimate of drug-likeness (QED) is 0.161. The second kappa shape index (κ2) is 14.0. The SMILES string of the molecule is CC1(C)c2ccccc2-c2ccc(N(c3ccc(-c4cccc5c4-c4ccccc4C5(c4ccccc4)c4ccccc4)cc3)c3cccc4c3sc3c5ccccc5ccc43)cc21. The number of rotatable bonds is 6. The van der Waals surface area contributed by atoms with Crippen molar-refractivity contribution in [1.82, 2.24) is 0 Å². The Balaban J connectivity index is 1.01. The summed E-state index contributed by atoms with van der Waals surface area (Å²) in [6.45, 7) is 4.75. The molecule has 0 unspecified atom stereocenters. The van der Waals surface area contributed by atoms with E-state index in [1.165, 1.54) is 103 Å². The summed E-state index contributed by atoms with van der Waals surface area (Å²) in [6.07, 6.45) is 0. The molecule has 0 aliphatic heterocycles. The molecule has 1 nitrogen and oxygen atoms in total. The fourth-order valence-electron chi connectivity index (χ4n) is 11.5. The minimum Gasteiger partial charge on any atom is -0.309 e. The highest BCUT2D eigenvalue weighted by molar-refractivity contribution is 7.27. The monoisotopic (exact) mass is 833 g/mol. The maximum absolute atomic E-state index is 2.50. The Bertz CT molecular complexity index is 3590. The van der Waals surface area contributed by atoms with Crippen molar-refractivity contribution >= 4 is 59.3 Å². The maximum Gasteiger partial charge on any atom is 0.0713 e. The largest absolute Gasteiger partial charge is 0.309 e. The second-order valence-corrected chi connectivity index (χ2v) is 19.0. The Kier molecular flexibility index (Phi) is 8.11. The van der Waals surface area contributed by atoms with Crippen LogP contribution in [0.2, 0.25) is 0 Å². The first-order valence-electron chi connectivity index (χ1n) is 22.3. The normalized spacial score (nSPS) is 14.0. The number of thiophene rings is 1. The molecule has 0 saturated heterocycles. The number of fused-ring (bicyclic) bond motifs is 11. The number of hydrogen-bond donors (Lipinski definition) is 0. The smallest absolute Gasteiger partial charge is 0.0713 e. The molecule has 64 heavy (non-hydrogen) atoms. The third-order valence-corrected chi connectivity index (χ3v) is 15.6. The van der Waals surface area contributed by atoms with Crippen LogP contribution in [0.4, 0.5) is 17.1 Å². The first-order chi connectivity index (χ1) is 31.5. The predicted octanol–water partition coefficient (Wildman–Crippen LogP) is 17.0. The van der Waals surface area contributed by atoms with E-state index in [-0.39, 0.29) is 5.41 Å². The summed E-state index contributed by atoms with van der Waals surface area (Å²) >= 11 is 1.91. The fraction of sp³-hybridized carbons (Fsp3) is 0.0645. The van der Waals surface area contributed by atoms with Gasteiger partial charge in [-0.1, -0.05) is 208 Å². The third kappa shape index (κ3) is 5.18. The Morgan fingerprint density at radius 1 is 0.375 bits per heavy atom. The first-order valence-corrected chi connectivity index (χ1v) is 23.2. The van der Waals surface area contributed by atoms with Crippen LogP contribution in [-0.2, 0) is 10.8 Å². The number of benzene rings is 10. The average Bonchev–Trinajstić information content (AvgIpc) is 3.97. The van der Waals surface area contributed by atoms with Gasteiger partial charge in [-0.05, 0) is 108 Å². The van der Waals surface area contributed by atoms with E-state index in [2.05, 4.69) is 243 Å². The van der Waals surface area contributed by atoms with Crippen molar-refractivity contribution in [1.29, 1.82) is 0 Å². The van der Waals surface area contributed by atoms with Crippen molar-refractivity contribution in [3.63, 3.8) is 0 Å². The summed E-state index contributed by atoms with van der Waals surface area (Å²) in [5.41, 5.74) is 18.5. The van der Waals surface area contributed by atoms with Crippen molar-refractivity contribution in [2.75, 3.05) is 4.90 Å². The summed E-state index contributed by atoms with van der Waals surface area (Å²) in [7, 11) is 0. The number of anilines is 3. The van der Waals surface area contributed by atoms with Gasteiger partial charge < -0.3 is 4.90 Å². The molecular weight excluding hydrogens is 791 g/mol. The molecule has 0 fully saturated rings. The molecule has 302 valence electrons. The number of hydrogen-bond acceptors (Lipinski definition) is 2. The minimum absolute atomic E-state index is 0.126. The Morgan fingerprint density at radius 3 is 1.73 bits per heavy atom. The lowest BCUT2D eigenvalue weighted by atomic mass is 9.67. The molecule has 2 aliphatic carbocycles. The zero-order valence-electron chi connectivity index (χ0n) is 35.7. The predicted molar refractivity (Wildman–Crippen MR) is 272 cm³/mol. The van der Waals surface area contributed by atoms with Crippen LogP contribution in [0.15, 0.2) is 224 Å². The summed E-state index contributed by atoms with van der Waals surface area (Å²) in [5, 5.41) is 5.18. The summed E-state index contributed by atoms with van der Waals surface area (Å²) in [6, 6.07) is 83.8. The van der Waals surface area contributed by atoms with E-state index in [0.29, 0.717) is 0 Å². The molecule has 0 bridgehead atoms. The standard InChI is InChI=1S/C62H43NS/c1-61(2)53-27-13-11-23-48(53)49-38-36-45(39-56(49)61)63(57-30-16-26-50-51-37-33-40-17-9-10-22-47(40)59(51)64-60(50)57)44-34-31-41(32-35-44)46-25-15-29-55-58(46)52-24-12-14-28-54(52)62(55,42-18-5-3-6-19-42)43-20-7-4-8-21-43/h3-39H,1-2H3. The van der Waals surface area contributed by atoms with Gasteiger partial charge in [0.1, 0.15) is 0 Å². The number of nitrogens with zero attached hydrogens (tertiary/aromatic N) is 1. The average molecular weight is 834 g/mol. The molecule has 2 aliphatic rings. The van der Waals surface area contributed by atoms with Crippen LogP contribution in [0.3, 0.4) is 0 Å². The summed E-state index contributed by atoms with van der Waals surface area (Å²) in [5.74, 6) is 0. The first kappa shape index (κ1) is 37.1. The molecule has 10 aromatic carbocycles. The summed E-state index contributed by atoms with van der Waals surface area (Å²) in [4.78, 5) is 2.50. The van der Waals surface area contributed by atoms with Crippen LogP contribution >= 0.6 is 11.3 Å². The molecular formula is C62H43NS. The van der Waals surface area contributed by atoms with Gasteiger partial charge in [-0.25, -0.2) is 0 Å². The van der Waals surface area contributed by atoms with Crippen molar-refractivity contribution in [3.05, 3.63) is 258 Å². The molecule has 13 rings (SSSR count).